The molecule has 1 heterocycles. The first kappa shape index (κ1) is 17.5. The largest absolute Gasteiger partial charge is 0.298 e. The highest BCUT2D eigenvalue weighted by molar-refractivity contribution is 7.89. The lowest BCUT2D eigenvalue weighted by atomic mass is 10.2. The van der Waals surface area contributed by atoms with Gasteiger partial charge in [0, 0.05) is 18.2 Å². The summed E-state index contributed by atoms with van der Waals surface area (Å²) in [7, 11) is -3.81. The Bertz CT molecular complexity index is 896. The SMILES string of the molecule is O=[N+]([O-])c1cccc(S(=O)(=O)N2CC[NH+](c3ccccc3F)CC2)c1. The van der Waals surface area contributed by atoms with Crippen molar-refractivity contribution in [2.75, 3.05) is 26.2 Å². The van der Waals surface area contributed by atoms with Crippen molar-refractivity contribution in [1.82, 2.24) is 4.31 Å². The van der Waals surface area contributed by atoms with E-state index in [1.807, 2.05) is 0 Å². The van der Waals surface area contributed by atoms with Gasteiger partial charge in [-0.25, -0.2) is 12.8 Å². The first-order valence-corrected chi connectivity index (χ1v) is 9.18. The van der Waals surface area contributed by atoms with Crippen molar-refractivity contribution >= 4 is 21.4 Å². The number of para-hydroxylation sites is 1. The van der Waals surface area contributed by atoms with Crippen LogP contribution >= 0.6 is 0 Å². The summed E-state index contributed by atoms with van der Waals surface area (Å²) >= 11 is 0. The van der Waals surface area contributed by atoms with Crippen LogP contribution in [0.3, 0.4) is 0 Å². The molecular formula is C16H17FN3O4S+. The Balaban J connectivity index is 1.77. The first-order valence-electron chi connectivity index (χ1n) is 7.74. The van der Waals surface area contributed by atoms with Gasteiger partial charge in [-0.1, -0.05) is 18.2 Å². The molecule has 1 aliphatic heterocycles. The Morgan fingerprint density at radius 3 is 2.40 bits per heavy atom. The molecule has 0 spiro atoms. The quantitative estimate of drug-likeness (QED) is 0.645. The lowest BCUT2D eigenvalue weighted by Gasteiger charge is -2.31. The van der Waals surface area contributed by atoms with Gasteiger partial charge in [0.05, 0.1) is 36.0 Å². The second kappa shape index (κ2) is 6.87. The number of nitro benzene ring substituents is 1. The summed E-state index contributed by atoms with van der Waals surface area (Å²) in [6, 6.07) is 11.4. The minimum absolute atomic E-state index is 0.101. The second-order valence-electron chi connectivity index (χ2n) is 5.74. The van der Waals surface area contributed by atoms with E-state index < -0.39 is 14.9 Å². The van der Waals surface area contributed by atoms with Crippen molar-refractivity contribution in [3.8, 4) is 0 Å². The molecule has 1 saturated heterocycles. The molecule has 2 aromatic rings. The van der Waals surface area contributed by atoms with Crippen molar-refractivity contribution in [1.29, 1.82) is 0 Å². The van der Waals surface area contributed by atoms with E-state index in [4.69, 9.17) is 0 Å². The highest BCUT2D eigenvalue weighted by Crippen LogP contribution is 2.21. The Hall–Kier alpha value is -2.36. The molecule has 2 aromatic carbocycles. The number of quaternary nitrogens is 1. The van der Waals surface area contributed by atoms with E-state index in [1.165, 1.54) is 28.6 Å². The lowest BCUT2D eigenvalue weighted by molar-refractivity contribution is -0.838. The van der Waals surface area contributed by atoms with Crippen LogP contribution in [0.25, 0.3) is 0 Å². The van der Waals surface area contributed by atoms with E-state index in [1.54, 1.807) is 18.2 Å². The first-order chi connectivity index (χ1) is 11.9. The summed E-state index contributed by atoms with van der Waals surface area (Å²) in [4.78, 5) is 11.0. The van der Waals surface area contributed by atoms with Crippen LogP contribution in [-0.4, -0.2) is 43.8 Å². The Labute approximate surface area is 144 Å². The Kier molecular flexibility index (Phi) is 4.80. The zero-order chi connectivity index (χ0) is 18.0. The van der Waals surface area contributed by atoms with Gasteiger partial charge in [0.25, 0.3) is 5.69 Å². The molecule has 0 radical (unpaired) electrons. The zero-order valence-corrected chi connectivity index (χ0v) is 14.1. The van der Waals surface area contributed by atoms with E-state index in [0.29, 0.717) is 18.8 Å². The van der Waals surface area contributed by atoms with Crippen LogP contribution < -0.4 is 4.90 Å². The van der Waals surface area contributed by atoms with Gasteiger partial charge >= 0.3 is 0 Å². The number of rotatable bonds is 4. The van der Waals surface area contributed by atoms with Gasteiger partial charge in [-0.2, -0.15) is 4.31 Å². The molecular weight excluding hydrogens is 349 g/mol. The van der Waals surface area contributed by atoms with Gasteiger partial charge in [0.2, 0.25) is 10.0 Å². The number of halogens is 1. The van der Waals surface area contributed by atoms with Crippen LogP contribution in [0.4, 0.5) is 15.8 Å². The van der Waals surface area contributed by atoms with Crippen molar-refractivity contribution < 1.29 is 22.6 Å². The van der Waals surface area contributed by atoms with Gasteiger partial charge in [-0.05, 0) is 12.1 Å². The molecule has 1 N–H and O–H groups in total. The Morgan fingerprint density at radius 2 is 1.76 bits per heavy atom. The number of sulfonamides is 1. The van der Waals surface area contributed by atoms with E-state index in [-0.39, 0.29) is 29.5 Å². The standard InChI is InChI=1S/C16H16FN3O4S/c17-15-6-1-2-7-16(15)18-8-10-19(11-9-18)25(23,24)14-5-3-4-13(12-14)20(21)22/h1-7,12H,8-11H2/p+1. The van der Waals surface area contributed by atoms with E-state index in [0.717, 1.165) is 11.0 Å². The van der Waals surface area contributed by atoms with E-state index in [2.05, 4.69) is 0 Å². The van der Waals surface area contributed by atoms with E-state index in [9.17, 15) is 22.9 Å². The molecule has 0 aliphatic carbocycles. The molecule has 3 rings (SSSR count). The molecule has 9 heteroatoms. The zero-order valence-electron chi connectivity index (χ0n) is 13.3. The minimum atomic E-state index is -3.81. The molecule has 132 valence electrons. The van der Waals surface area contributed by atoms with E-state index >= 15 is 0 Å². The monoisotopic (exact) mass is 366 g/mol. The molecule has 0 saturated carbocycles. The topological polar surface area (TPSA) is 85.0 Å². The maximum atomic E-state index is 13.9. The smallest absolute Gasteiger partial charge is 0.270 e. The maximum Gasteiger partial charge on any atom is 0.270 e. The van der Waals surface area contributed by atoms with Gasteiger partial charge in [0.15, 0.2) is 11.5 Å². The van der Waals surface area contributed by atoms with Gasteiger partial charge in [0.1, 0.15) is 0 Å². The highest BCUT2D eigenvalue weighted by atomic mass is 32.2. The molecule has 1 fully saturated rings. The number of piperazine rings is 1. The predicted octanol–water partition coefficient (Wildman–Crippen LogP) is 0.955. The number of nitro groups is 1. The second-order valence-corrected chi connectivity index (χ2v) is 7.68. The van der Waals surface area contributed by atoms with Crippen molar-refractivity contribution in [3.63, 3.8) is 0 Å². The van der Waals surface area contributed by atoms with Gasteiger partial charge in [-0.15, -0.1) is 0 Å². The Morgan fingerprint density at radius 1 is 1.08 bits per heavy atom. The van der Waals surface area contributed by atoms with Crippen molar-refractivity contribution in [2.45, 2.75) is 4.90 Å². The number of hydrogen-bond acceptors (Lipinski definition) is 4. The fourth-order valence-electron chi connectivity index (χ4n) is 2.92. The number of benzene rings is 2. The maximum absolute atomic E-state index is 13.9. The molecule has 1 aliphatic rings. The average Bonchev–Trinajstić information content (AvgIpc) is 2.62. The molecule has 25 heavy (non-hydrogen) atoms. The normalized spacial score (nSPS) is 16.7. The number of non-ortho nitro benzene ring substituents is 1. The number of nitrogens with one attached hydrogen (secondary N) is 1. The predicted molar refractivity (Wildman–Crippen MR) is 88.6 cm³/mol. The summed E-state index contributed by atoms with van der Waals surface area (Å²) in [6.07, 6.45) is 0. The highest BCUT2D eigenvalue weighted by Gasteiger charge is 2.32. The summed E-state index contributed by atoms with van der Waals surface area (Å²) in [6.45, 7) is 1.29. The lowest BCUT2D eigenvalue weighted by Crippen LogP contribution is -3.10. The molecule has 0 unspecified atom stereocenters. The number of nitrogens with zero attached hydrogens (tertiary/aromatic N) is 2. The van der Waals surface area contributed by atoms with Crippen LogP contribution in [0.15, 0.2) is 53.4 Å². The third-order valence-corrected chi connectivity index (χ3v) is 6.14. The van der Waals surface area contributed by atoms with Crippen LogP contribution in [0.1, 0.15) is 0 Å². The molecule has 0 bridgehead atoms. The van der Waals surface area contributed by atoms with Crippen LogP contribution in [0.2, 0.25) is 0 Å². The molecule has 0 amide bonds. The molecule has 0 aromatic heterocycles. The van der Waals surface area contributed by atoms with Gasteiger partial charge in [-0.3, -0.25) is 15.0 Å². The summed E-state index contributed by atoms with van der Waals surface area (Å²) in [5.41, 5.74) is 0.256. The summed E-state index contributed by atoms with van der Waals surface area (Å²) < 4.78 is 40.5. The van der Waals surface area contributed by atoms with Crippen LogP contribution in [0, 0.1) is 15.9 Å². The van der Waals surface area contributed by atoms with Crippen molar-refractivity contribution in [3.05, 3.63) is 64.5 Å². The fourth-order valence-corrected chi connectivity index (χ4v) is 4.40. The van der Waals surface area contributed by atoms with Crippen LogP contribution in [-0.2, 0) is 10.0 Å². The minimum Gasteiger partial charge on any atom is -0.298 e. The van der Waals surface area contributed by atoms with Gasteiger partial charge < -0.3 is 0 Å². The van der Waals surface area contributed by atoms with Crippen molar-refractivity contribution in [2.24, 2.45) is 0 Å². The third-order valence-electron chi connectivity index (χ3n) is 4.25. The third kappa shape index (κ3) is 3.53. The molecule has 7 nitrogen and oxygen atoms in total. The summed E-state index contributed by atoms with van der Waals surface area (Å²) in [5.74, 6) is -0.313. The number of hydrogen-bond donors (Lipinski definition) is 1. The molecule has 0 atom stereocenters. The summed E-state index contributed by atoms with van der Waals surface area (Å²) in [5, 5.41) is 10.8. The fraction of sp³-hybridized carbons (Fsp3) is 0.250. The average molecular weight is 366 g/mol. The van der Waals surface area contributed by atoms with Crippen LogP contribution in [0.5, 0.6) is 0 Å².